The van der Waals surface area contributed by atoms with Crippen LogP contribution in [0.25, 0.3) is 0 Å². The molecule has 2 heterocycles. The SMILES string of the molecule is NC(=NCC1CCCO1)NCCc1ccsc1. The molecular weight excluding hydrogens is 234 g/mol. The fourth-order valence-electron chi connectivity index (χ4n) is 1.81. The van der Waals surface area contributed by atoms with Crippen molar-refractivity contribution < 1.29 is 4.74 Å². The molecule has 1 saturated heterocycles. The highest BCUT2D eigenvalue weighted by atomic mass is 32.1. The van der Waals surface area contributed by atoms with Crippen molar-refractivity contribution in [3.05, 3.63) is 22.4 Å². The van der Waals surface area contributed by atoms with Crippen molar-refractivity contribution >= 4 is 17.3 Å². The zero-order chi connectivity index (χ0) is 11.9. The lowest BCUT2D eigenvalue weighted by atomic mass is 10.2. The summed E-state index contributed by atoms with van der Waals surface area (Å²) < 4.78 is 5.48. The van der Waals surface area contributed by atoms with Gasteiger partial charge in [-0.15, -0.1) is 0 Å². The van der Waals surface area contributed by atoms with Crippen LogP contribution in [0.4, 0.5) is 0 Å². The van der Waals surface area contributed by atoms with Gasteiger partial charge in [-0.2, -0.15) is 11.3 Å². The maximum atomic E-state index is 5.78. The van der Waals surface area contributed by atoms with Crippen molar-refractivity contribution in [3.8, 4) is 0 Å². The third-order valence-electron chi connectivity index (χ3n) is 2.79. The summed E-state index contributed by atoms with van der Waals surface area (Å²) in [5.74, 6) is 0.524. The molecule has 1 atom stereocenters. The Kier molecular flexibility index (Phi) is 4.82. The fraction of sp³-hybridized carbons (Fsp3) is 0.583. The summed E-state index contributed by atoms with van der Waals surface area (Å²) in [5, 5.41) is 7.36. The molecule has 0 bridgehead atoms. The Morgan fingerprint density at radius 2 is 2.59 bits per heavy atom. The molecule has 0 saturated carbocycles. The summed E-state index contributed by atoms with van der Waals surface area (Å²) in [6.45, 7) is 2.38. The van der Waals surface area contributed by atoms with E-state index in [1.165, 1.54) is 5.56 Å². The zero-order valence-electron chi connectivity index (χ0n) is 9.89. The van der Waals surface area contributed by atoms with Gasteiger partial charge in [-0.3, -0.25) is 4.99 Å². The molecule has 1 unspecified atom stereocenters. The van der Waals surface area contributed by atoms with Gasteiger partial charge in [0.1, 0.15) is 0 Å². The number of thiophene rings is 1. The second-order valence-corrected chi connectivity index (χ2v) is 4.95. The lowest BCUT2D eigenvalue weighted by Crippen LogP contribution is -2.34. The van der Waals surface area contributed by atoms with Gasteiger partial charge in [-0.05, 0) is 41.7 Å². The van der Waals surface area contributed by atoms with Crippen LogP contribution in [0.5, 0.6) is 0 Å². The molecule has 1 aromatic heterocycles. The van der Waals surface area contributed by atoms with E-state index in [4.69, 9.17) is 10.5 Å². The lowest BCUT2D eigenvalue weighted by Gasteiger charge is -2.07. The van der Waals surface area contributed by atoms with Crippen molar-refractivity contribution in [2.24, 2.45) is 10.7 Å². The van der Waals surface area contributed by atoms with Gasteiger partial charge in [0.2, 0.25) is 0 Å². The summed E-state index contributed by atoms with van der Waals surface area (Å²) in [6.07, 6.45) is 3.50. The maximum Gasteiger partial charge on any atom is 0.188 e. The van der Waals surface area contributed by atoms with Gasteiger partial charge < -0.3 is 15.8 Å². The molecule has 1 aromatic rings. The number of nitrogens with one attached hydrogen (secondary N) is 1. The molecule has 0 spiro atoms. The van der Waals surface area contributed by atoms with Gasteiger partial charge in [0.25, 0.3) is 0 Å². The first-order valence-corrected chi connectivity index (χ1v) is 6.95. The van der Waals surface area contributed by atoms with Crippen LogP contribution in [-0.2, 0) is 11.2 Å². The van der Waals surface area contributed by atoms with E-state index in [1.54, 1.807) is 11.3 Å². The quantitative estimate of drug-likeness (QED) is 0.615. The largest absolute Gasteiger partial charge is 0.376 e. The summed E-state index contributed by atoms with van der Waals surface area (Å²) in [7, 11) is 0. The number of guanidine groups is 1. The predicted octanol–water partition coefficient (Wildman–Crippen LogP) is 1.37. The van der Waals surface area contributed by atoms with Gasteiger partial charge in [0, 0.05) is 13.2 Å². The van der Waals surface area contributed by atoms with Crippen molar-refractivity contribution in [3.63, 3.8) is 0 Å². The van der Waals surface area contributed by atoms with Crippen LogP contribution >= 0.6 is 11.3 Å². The first-order valence-electron chi connectivity index (χ1n) is 6.01. The molecule has 0 amide bonds. The highest BCUT2D eigenvalue weighted by molar-refractivity contribution is 7.07. The van der Waals surface area contributed by atoms with E-state index in [1.807, 2.05) is 0 Å². The van der Waals surface area contributed by atoms with Gasteiger partial charge in [-0.1, -0.05) is 0 Å². The molecule has 3 N–H and O–H groups in total. The standard InChI is InChI=1S/C12H19N3OS/c13-12(15-8-11-2-1-6-16-11)14-5-3-10-4-7-17-9-10/h4,7,9,11H,1-3,5-6,8H2,(H3,13,14,15). The Morgan fingerprint density at radius 3 is 3.29 bits per heavy atom. The number of hydrogen-bond donors (Lipinski definition) is 2. The molecule has 94 valence electrons. The minimum Gasteiger partial charge on any atom is -0.376 e. The van der Waals surface area contributed by atoms with E-state index in [0.717, 1.165) is 32.4 Å². The van der Waals surface area contributed by atoms with Crippen LogP contribution in [-0.4, -0.2) is 31.8 Å². The highest BCUT2D eigenvalue weighted by Gasteiger charge is 2.14. The smallest absolute Gasteiger partial charge is 0.188 e. The van der Waals surface area contributed by atoms with Gasteiger partial charge in [-0.25, -0.2) is 0 Å². The molecule has 2 rings (SSSR count). The van der Waals surface area contributed by atoms with Crippen molar-refractivity contribution in [1.82, 2.24) is 5.32 Å². The molecule has 5 heteroatoms. The van der Waals surface area contributed by atoms with Gasteiger partial charge in [0.05, 0.1) is 12.6 Å². The number of hydrogen-bond acceptors (Lipinski definition) is 3. The summed E-state index contributed by atoms with van der Waals surface area (Å²) in [4.78, 5) is 4.29. The van der Waals surface area contributed by atoms with E-state index in [-0.39, 0.29) is 6.10 Å². The average molecular weight is 253 g/mol. The monoisotopic (exact) mass is 253 g/mol. The molecule has 17 heavy (non-hydrogen) atoms. The number of aliphatic imine (C=N–C) groups is 1. The Bertz CT molecular complexity index is 345. The van der Waals surface area contributed by atoms with Gasteiger partial charge >= 0.3 is 0 Å². The van der Waals surface area contributed by atoms with E-state index in [2.05, 4.69) is 27.1 Å². The Morgan fingerprint density at radius 1 is 1.65 bits per heavy atom. The minimum atomic E-state index is 0.271. The van der Waals surface area contributed by atoms with Crippen LogP contribution in [0.2, 0.25) is 0 Å². The Hall–Kier alpha value is -1.07. The molecule has 1 aliphatic heterocycles. The third-order valence-corrected chi connectivity index (χ3v) is 3.52. The number of nitrogens with zero attached hydrogens (tertiary/aromatic N) is 1. The van der Waals surface area contributed by atoms with E-state index < -0.39 is 0 Å². The van der Waals surface area contributed by atoms with Crippen LogP contribution in [0.3, 0.4) is 0 Å². The molecule has 4 nitrogen and oxygen atoms in total. The molecule has 0 aromatic carbocycles. The van der Waals surface area contributed by atoms with Crippen LogP contribution in [0, 0.1) is 0 Å². The van der Waals surface area contributed by atoms with Crippen LogP contribution < -0.4 is 11.1 Å². The van der Waals surface area contributed by atoms with Crippen molar-refractivity contribution in [2.45, 2.75) is 25.4 Å². The average Bonchev–Trinajstić information content (AvgIpc) is 2.99. The maximum absolute atomic E-state index is 5.78. The number of ether oxygens (including phenoxy) is 1. The fourth-order valence-corrected chi connectivity index (χ4v) is 2.52. The summed E-state index contributed by atoms with van der Waals surface area (Å²) >= 11 is 1.72. The first kappa shape index (κ1) is 12.4. The Labute approximate surface area is 106 Å². The lowest BCUT2D eigenvalue weighted by molar-refractivity contribution is 0.118. The Balaban J connectivity index is 1.62. The van der Waals surface area contributed by atoms with Crippen molar-refractivity contribution in [1.29, 1.82) is 0 Å². The minimum absolute atomic E-state index is 0.271. The summed E-state index contributed by atoms with van der Waals surface area (Å²) in [5.41, 5.74) is 7.12. The van der Waals surface area contributed by atoms with E-state index in [0.29, 0.717) is 12.5 Å². The zero-order valence-corrected chi connectivity index (χ0v) is 10.7. The molecule has 0 radical (unpaired) electrons. The first-order chi connectivity index (χ1) is 8.34. The van der Waals surface area contributed by atoms with E-state index >= 15 is 0 Å². The second-order valence-electron chi connectivity index (χ2n) is 4.17. The molecule has 0 aliphatic carbocycles. The summed E-state index contributed by atoms with van der Waals surface area (Å²) in [6, 6.07) is 2.13. The molecular formula is C12H19N3OS. The van der Waals surface area contributed by atoms with Crippen molar-refractivity contribution in [2.75, 3.05) is 19.7 Å². The van der Waals surface area contributed by atoms with Crippen LogP contribution in [0.1, 0.15) is 18.4 Å². The predicted molar refractivity (Wildman–Crippen MR) is 71.5 cm³/mol. The van der Waals surface area contributed by atoms with Gasteiger partial charge in [0.15, 0.2) is 5.96 Å². The number of rotatable bonds is 5. The third kappa shape index (κ3) is 4.36. The second kappa shape index (κ2) is 6.61. The normalized spacial score (nSPS) is 20.7. The highest BCUT2D eigenvalue weighted by Crippen LogP contribution is 2.11. The molecule has 1 fully saturated rings. The number of nitrogens with two attached hydrogens (primary N) is 1. The molecule has 1 aliphatic rings. The van der Waals surface area contributed by atoms with E-state index in [9.17, 15) is 0 Å². The van der Waals surface area contributed by atoms with Crippen LogP contribution in [0.15, 0.2) is 21.8 Å². The topological polar surface area (TPSA) is 59.6 Å².